The van der Waals surface area contributed by atoms with Gasteiger partial charge in [0.05, 0.1) is 0 Å². The third kappa shape index (κ3) is 4.32. The van der Waals surface area contributed by atoms with Crippen LogP contribution in [0.3, 0.4) is 0 Å². The molecule has 0 aromatic carbocycles. The lowest BCUT2D eigenvalue weighted by molar-refractivity contribution is -0.132. The second-order valence-electron chi connectivity index (χ2n) is 7.47. The zero-order valence-electron chi connectivity index (χ0n) is 15.8. The fourth-order valence-corrected chi connectivity index (χ4v) is 3.73. The highest BCUT2D eigenvalue weighted by Crippen LogP contribution is 2.21. The Labute approximate surface area is 150 Å². The van der Waals surface area contributed by atoms with E-state index in [4.69, 9.17) is 4.52 Å². The Morgan fingerprint density at radius 2 is 1.84 bits per heavy atom. The number of hydrogen-bond acceptors (Lipinski definition) is 6. The van der Waals surface area contributed by atoms with Crippen molar-refractivity contribution in [3.63, 3.8) is 0 Å². The van der Waals surface area contributed by atoms with E-state index in [1.165, 1.54) is 0 Å². The monoisotopic (exact) mass is 349 g/mol. The van der Waals surface area contributed by atoms with Crippen LogP contribution in [0, 0.1) is 0 Å². The number of piperidine rings is 1. The Morgan fingerprint density at radius 1 is 1.16 bits per heavy atom. The minimum absolute atomic E-state index is 0.267. The molecule has 25 heavy (non-hydrogen) atoms. The third-order valence-corrected chi connectivity index (χ3v) is 5.32. The van der Waals surface area contributed by atoms with Gasteiger partial charge in [-0.3, -0.25) is 9.69 Å². The second-order valence-corrected chi connectivity index (χ2v) is 7.47. The summed E-state index contributed by atoms with van der Waals surface area (Å²) in [6.45, 7) is 11.9. The van der Waals surface area contributed by atoms with Gasteiger partial charge in [-0.15, -0.1) is 0 Å². The molecule has 7 heteroatoms. The van der Waals surface area contributed by atoms with E-state index in [0.29, 0.717) is 24.3 Å². The molecule has 3 heterocycles. The normalized spacial score (nSPS) is 20.5. The van der Waals surface area contributed by atoms with Crippen LogP contribution in [-0.4, -0.2) is 71.2 Å². The third-order valence-electron chi connectivity index (χ3n) is 5.32. The van der Waals surface area contributed by atoms with Gasteiger partial charge >= 0.3 is 0 Å². The smallest absolute Gasteiger partial charge is 0.266 e. The van der Waals surface area contributed by atoms with E-state index < -0.39 is 0 Å². The van der Waals surface area contributed by atoms with Gasteiger partial charge in [0.25, 0.3) is 5.95 Å². The quantitative estimate of drug-likeness (QED) is 0.811. The first kappa shape index (κ1) is 18.2. The van der Waals surface area contributed by atoms with E-state index >= 15 is 0 Å². The molecule has 0 aliphatic carbocycles. The van der Waals surface area contributed by atoms with Crippen molar-refractivity contribution in [3.8, 4) is 0 Å². The minimum Gasteiger partial charge on any atom is -0.343 e. The Balaban J connectivity index is 1.46. The molecule has 1 aromatic heterocycles. The molecule has 2 aliphatic rings. The lowest BCUT2D eigenvalue weighted by atomic mass is 10.0. The van der Waals surface area contributed by atoms with Crippen LogP contribution in [-0.2, 0) is 4.79 Å². The summed E-state index contributed by atoms with van der Waals surface area (Å²) in [5.74, 6) is 2.02. The van der Waals surface area contributed by atoms with E-state index in [9.17, 15) is 4.79 Å². The molecule has 0 atom stereocenters. The molecule has 7 nitrogen and oxygen atoms in total. The molecule has 2 saturated heterocycles. The summed E-state index contributed by atoms with van der Waals surface area (Å²) in [5.41, 5.74) is 0. The first-order valence-electron chi connectivity index (χ1n) is 9.68. The first-order chi connectivity index (χ1) is 12.1. The van der Waals surface area contributed by atoms with Crippen LogP contribution in [0.4, 0.5) is 5.95 Å². The van der Waals surface area contributed by atoms with Gasteiger partial charge in [0.2, 0.25) is 11.8 Å². The van der Waals surface area contributed by atoms with Crippen LogP contribution in [0.1, 0.15) is 58.3 Å². The Kier molecular flexibility index (Phi) is 5.93. The van der Waals surface area contributed by atoms with Gasteiger partial charge in [-0.05, 0) is 24.4 Å². The Morgan fingerprint density at radius 3 is 2.40 bits per heavy atom. The Hall–Kier alpha value is -1.63. The number of nitrogens with zero attached hydrogens (tertiary/aromatic N) is 5. The van der Waals surface area contributed by atoms with E-state index in [0.717, 1.165) is 64.5 Å². The summed E-state index contributed by atoms with van der Waals surface area (Å²) in [6.07, 6.45) is 3.81. The fourth-order valence-electron chi connectivity index (χ4n) is 3.73. The maximum Gasteiger partial charge on any atom is 0.266 e. The molecule has 0 saturated carbocycles. The van der Waals surface area contributed by atoms with Gasteiger partial charge in [-0.25, -0.2) is 0 Å². The summed E-state index contributed by atoms with van der Waals surface area (Å²) < 4.78 is 5.32. The van der Waals surface area contributed by atoms with Gasteiger partial charge in [0.1, 0.15) is 0 Å². The average Bonchev–Trinajstić information content (AvgIpc) is 3.13. The van der Waals surface area contributed by atoms with Crippen molar-refractivity contribution < 1.29 is 9.32 Å². The maximum atomic E-state index is 12.0. The van der Waals surface area contributed by atoms with E-state index in [2.05, 4.69) is 40.7 Å². The topological polar surface area (TPSA) is 65.7 Å². The molecular formula is C18H31N5O2. The number of hydrogen-bond donors (Lipinski definition) is 0. The molecule has 140 valence electrons. The standard InChI is InChI=1S/C18H31N5O2/c1-4-5-16(24)22-8-6-15(7-9-22)21-10-12-23(13-11-21)18-19-17(14(2)3)25-20-18/h14-15H,4-13H2,1-3H3. The van der Waals surface area contributed by atoms with Crippen LogP contribution in [0.2, 0.25) is 0 Å². The second kappa shape index (κ2) is 8.17. The number of rotatable bonds is 5. The molecule has 3 rings (SSSR count). The summed E-state index contributed by atoms with van der Waals surface area (Å²) >= 11 is 0. The van der Waals surface area contributed by atoms with E-state index in [1.807, 2.05) is 4.90 Å². The summed E-state index contributed by atoms with van der Waals surface area (Å²) in [6, 6.07) is 0.601. The van der Waals surface area contributed by atoms with Crippen LogP contribution >= 0.6 is 0 Å². The number of amides is 1. The van der Waals surface area contributed by atoms with Gasteiger partial charge < -0.3 is 14.3 Å². The van der Waals surface area contributed by atoms with E-state index in [1.54, 1.807) is 0 Å². The fraction of sp³-hybridized carbons (Fsp3) is 0.833. The molecule has 1 aromatic rings. The number of anilines is 1. The highest BCUT2D eigenvalue weighted by Gasteiger charge is 2.29. The van der Waals surface area contributed by atoms with Crippen molar-refractivity contribution in [2.45, 2.75) is 58.4 Å². The molecule has 0 bridgehead atoms. The van der Waals surface area contributed by atoms with Crippen molar-refractivity contribution >= 4 is 11.9 Å². The number of piperazine rings is 1. The molecule has 0 unspecified atom stereocenters. The average molecular weight is 349 g/mol. The van der Waals surface area contributed by atoms with Gasteiger partial charge in [-0.2, -0.15) is 4.98 Å². The van der Waals surface area contributed by atoms with Crippen LogP contribution in [0.15, 0.2) is 4.52 Å². The van der Waals surface area contributed by atoms with Crippen LogP contribution in [0.5, 0.6) is 0 Å². The molecular weight excluding hydrogens is 318 g/mol. The summed E-state index contributed by atoms with van der Waals surface area (Å²) in [4.78, 5) is 23.3. The molecule has 2 aliphatic heterocycles. The Bertz CT molecular complexity index is 558. The van der Waals surface area contributed by atoms with Gasteiger partial charge in [0, 0.05) is 57.6 Å². The lowest BCUT2D eigenvalue weighted by Crippen LogP contribution is -2.54. The molecule has 1 amide bonds. The zero-order chi connectivity index (χ0) is 17.8. The minimum atomic E-state index is 0.267. The predicted octanol–water partition coefficient (Wildman–Crippen LogP) is 2.11. The SMILES string of the molecule is CCCC(=O)N1CCC(N2CCN(c3noc(C(C)C)n3)CC2)CC1. The van der Waals surface area contributed by atoms with E-state index in [-0.39, 0.29) is 5.92 Å². The van der Waals surface area contributed by atoms with Gasteiger partial charge in [-0.1, -0.05) is 20.8 Å². The first-order valence-corrected chi connectivity index (χ1v) is 9.68. The van der Waals surface area contributed by atoms with Crippen molar-refractivity contribution in [2.75, 3.05) is 44.2 Å². The summed E-state index contributed by atoms with van der Waals surface area (Å²) in [5, 5.41) is 4.12. The number of likely N-dealkylation sites (tertiary alicyclic amines) is 1. The van der Waals surface area contributed by atoms with Crippen molar-refractivity contribution in [3.05, 3.63) is 5.89 Å². The molecule has 0 spiro atoms. The van der Waals surface area contributed by atoms with Crippen LogP contribution in [0.25, 0.3) is 0 Å². The molecule has 0 N–H and O–H groups in total. The highest BCUT2D eigenvalue weighted by atomic mass is 16.5. The van der Waals surface area contributed by atoms with Crippen molar-refractivity contribution in [1.82, 2.24) is 19.9 Å². The van der Waals surface area contributed by atoms with Crippen molar-refractivity contribution in [2.24, 2.45) is 0 Å². The lowest BCUT2D eigenvalue weighted by Gasteiger charge is -2.42. The van der Waals surface area contributed by atoms with Crippen LogP contribution < -0.4 is 4.90 Å². The highest BCUT2D eigenvalue weighted by molar-refractivity contribution is 5.76. The largest absolute Gasteiger partial charge is 0.343 e. The molecule has 0 radical (unpaired) electrons. The van der Waals surface area contributed by atoms with Gasteiger partial charge in [0.15, 0.2) is 0 Å². The molecule has 2 fully saturated rings. The number of carbonyl (C=O) groups excluding carboxylic acids is 1. The van der Waals surface area contributed by atoms with Crippen molar-refractivity contribution in [1.29, 1.82) is 0 Å². The number of aromatic nitrogens is 2. The predicted molar refractivity (Wildman–Crippen MR) is 96.7 cm³/mol. The maximum absolute atomic E-state index is 12.0. The number of carbonyl (C=O) groups is 1. The zero-order valence-corrected chi connectivity index (χ0v) is 15.8. The summed E-state index contributed by atoms with van der Waals surface area (Å²) in [7, 11) is 0.